The maximum Gasteiger partial charge on any atom is 0.251 e. The second-order valence-corrected chi connectivity index (χ2v) is 8.33. The van der Waals surface area contributed by atoms with E-state index in [2.05, 4.69) is 37.1 Å². The van der Waals surface area contributed by atoms with Gasteiger partial charge in [-0.3, -0.25) is 4.57 Å². The molecule has 0 aliphatic rings. The van der Waals surface area contributed by atoms with Crippen molar-refractivity contribution in [1.29, 1.82) is 0 Å². The molecule has 0 atom stereocenters. The summed E-state index contributed by atoms with van der Waals surface area (Å²) < 4.78 is 19.0. The Labute approximate surface area is 188 Å². The van der Waals surface area contributed by atoms with Crippen LogP contribution in [0.3, 0.4) is 0 Å². The molecule has 5 aromatic rings. The predicted molar refractivity (Wildman–Crippen MR) is 119 cm³/mol. The van der Waals surface area contributed by atoms with Crippen molar-refractivity contribution >= 4 is 11.8 Å². The first-order valence-corrected chi connectivity index (χ1v) is 11.1. The predicted octanol–water partition coefficient (Wildman–Crippen LogP) is 5.45. The van der Waals surface area contributed by atoms with Gasteiger partial charge in [0.25, 0.3) is 5.89 Å². The normalized spacial score (nSPS) is 11.3. The van der Waals surface area contributed by atoms with E-state index in [0.717, 1.165) is 45.0 Å². The summed E-state index contributed by atoms with van der Waals surface area (Å²) in [5.74, 6) is 4.57. The number of rotatable bonds is 7. The Morgan fingerprint density at radius 1 is 0.875 bits per heavy atom. The van der Waals surface area contributed by atoms with Crippen LogP contribution in [0.1, 0.15) is 28.7 Å². The lowest BCUT2D eigenvalue weighted by molar-refractivity contribution is 0.499. The van der Waals surface area contributed by atoms with Gasteiger partial charge in [-0.05, 0) is 38.5 Å². The Morgan fingerprint density at radius 3 is 2.44 bits per heavy atom. The van der Waals surface area contributed by atoms with Crippen molar-refractivity contribution in [3.8, 4) is 22.8 Å². The Morgan fingerprint density at radius 2 is 1.72 bits per heavy atom. The molecule has 162 valence electrons. The van der Waals surface area contributed by atoms with Crippen LogP contribution in [0.2, 0.25) is 0 Å². The van der Waals surface area contributed by atoms with Crippen LogP contribution in [-0.4, -0.2) is 25.0 Å². The molecule has 0 N–H and O–H groups in total. The zero-order chi connectivity index (χ0) is 22.1. The second-order valence-electron chi connectivity index (χ2n) is 7.38. The number of hydrogen-bond donors (Lipinski definition) is 0. The molecule has 0 bridgehead atoms. The van der Waals surface area contributed by atoms with Gasteiger partial charge in [-0.1, -0.05) is 42.1 Å². The number of aryl methyl sites for hydroxylation is 3. The Hall–Kier alpha value is -3.59. The van der Waals surface area contributed by atoms with Gasteiger partial charge in [0, 0.05) is 0 Å². The van der Waals surface area contributed by atoms with Crippen LogP contribution < -0.4 is 0 Å². The topological polar surface area (TPSA) is 95.9 Å². The van der Waals surface area contributed by atoms with E-state index in [1.54, 1.807) is 6.26 Å². The third-order valence-corrected chi connectivity index (χ3v) is 6.01. The average molecular weight is 448 g/mol. The molecule has 0 saturated carbocycles. The summed E-state index contributed by atoms with van der Waals surface area (Å²) in [5.41, 5.74) is 2.89. The van der Waals surface area contributed by atoms with Crippen LogP contribution in [0.4, 0.5) is 0 Å². The highest BCUT2D eigenvalue weighted by Gasteiger charge is 2.20. The molecule has 0 amide bonds. The molecule has 0 radical (unpaired) electrons. The number of furan rings is 2. The minimum atomic E-state index is 0.454. The minimum absolute atomic E-state index is 0.454. The molecule has 1 aromatic carbocycles. The van der Waals surface area contributed by atoms with Crippen LogP contribution in [0.15, 0.2) is 67.1 Å². The van der Waals surface area contributed by atoms with Crippen LogP contribution in [0.25, 0.3) is 22.8 Å². The number of aromatic nitrogens is 5. The van der Waals surface area contributed by atoms with Gasteiger partial charge in [-0.25, -0.2) is 0 Å². The molecule has 4 aromatic heterocycles. The molecule has 9 heteroatoms. The van der Waals surface area contributed by atoms with Gasteiger partial charge in [-0.2, -0.15) is 0 Å². The van der Waals surface area contributed by atoms with Crippen LogP contribution in [0.5, 0.6) is 0 Å². The molecule has 5 rings (SSSR count). The molecular formula is C23H21N5O3S. The lowest BCUT2D eigenvalue weighted by Gasteiger charge is -2.09. The largest absolute Gasteiger partial charge is 0.469 e. The fourth-order valence-corrected chi connectivity index (χ4v) is 4.29. The maximum atomic E-state index is 5.87. The summed E-state index contributed by atoms with van der Waals surface area (Å²) in [7, 11) is 0. The van der Waals surface area contributed by atoms with Crippen molar-refractivity contribution in [2.45, 2.75) is 38.2 Å². The highest BCUT2D eigenvalue weighted by Crippen LogP contribution is 2.31. The van der Waals surface area contributed by atoms with E-state index in [9.17, 15) is 0 Å². The monoisotopic (exact) mass is 447 g/mol. The lowest BCUT2D eigenvalue weighted by Crippen LogP contribution is -2.04. The summed E-state index contributed by atoms with van der Waals surface area (Å²) in [5, 5.41) is 18.0. The summed E-state index contributed by atoms with van der Waals surface area (Å²) in [6, 6.07) is 14.0. The van der Waals surface area contributed by atoms with E-state index in [1.165, 1.54) is 11.8 Å². The zero-order valence-corrected chi connectivity index (χ0v) is 18.7. The maximum absolute atomic E-state index is 5.87. The van der Waals surface area contributed by atoms with Crippen molar-refractivity contribution in [2.24, 2.45) is 0 Å². The molecule has 4 heterocycles. The van der Waals surface area contributed by atoms with Gasteiger partial charge in [0.1, 0.15) is 17.3 Å². The molecule has 0 spiro atoms. The van der Waals surface area contributed by atoms with Gasteiger partial charge < -0.3 is 13.3 Å². The smallest absolute Gasteiger partial charge is 0.251 e. The number of thioether (sulfide) groups is 1. The van der Waals surface area contributed by atoms with E-state index in [1.807, 2.05) is 51.1 Å². The average Bonchev–Trinajstić information content (AvgIpc) is 3.56. The summed E-state index contributed by atoms with van der Waals surface area (Å²) in [6.07, 6.45) is 1.67. The highest BCUT2D eigenvalue weighted by molar-refractivity contribution is 7.98. The number of benzene rings is 1. The lowest BCUT2D eigenvalue weighted by atomic mass is 10.2. The van der Waals surface area contributed by atoms with Gasteiger partial charge in [0.15, 0.2) is 11.0 Å². The molecule has 0 aliphatic heterocycles. The molecule has 8 nitrogen and oxygen atoms in total. The number of hydrogen-bond acceptors (Lipinski definition) is 8. The third kappa shape index (κ3) is 3.99. The van der Waals surface area contributed by atoms with Gasteiger partial charge in [-0.15, -0.1) is 20.4 Å². The molecular weight excluding hydrogens is 426 g/mol. The number of nitrogens with zero attached hydrogens (tertiary/aromatic N) is 5. The van der Waals surface area contributed by atoms with Crippen molar-refractivity contribution in [3.63, 3.8) is 0 Å². The van der Waals surface area contributed by atoms with Crippen molar-refractivity contribution in [2.75, 3.05) is 0 Å². The van der Waals surface area contributed by atoms with E-state index in [0.29, 0.717) is 24.1 Å². The van der Waals surface area contributed by atoms with E-state index in [-0.39, 0.29) is 0 Å². The highest BCUT2D eigenvalue weighted by atomic mass is 32.2. The molecule has 32 heavy (non-hydrogen) atoms. The van der Waals surface area contributed by atoms with Crippen molar-refractivity contribution < 1.29 is 13.3 Å². The van der Waals surface area contributed by atoms with E-state index < -0.39 is 0 Å². The molecule has 0 unspecified atom stereocenters. The van der Waals surface area contributed by atoms with Crippen molar-refractivity contribution in [3.05, 3.63) is 77.5 Å². The van der Waals surface area contributed by atoms with Crippen LogP contribution in [0, 0.1) is 20.8 Å². The fraction of sp³-hybridized carbons (Fsp3) is 0.217. The first-order valence-electron chi connectivity index (χ1n) is 10.1. The Bertz CT molecular complexity index is 1350. The van der Waals surface area contributed by atoms with Gasteiger partial charge >= 0.3 is 0 Å². The summed E-state index contributed by atoms with van der Waals surface area (Å²) in [4.78, 5) is 0. The van der Waals surface area contributed by atoms with Gasteiger partial charge in [0.05, 0.1) is 29.7 Å². The molecule has 0 fully saturated rings. The van der Waals surface area contributed by atoms with Crippen molar-refractivity contribution in [1.82, 2.24) is 25.0 Å². The Kier molecular flexibility index (Phi) is 5.40. The van der Waals surface area contributed by atoms with Gasteiger partial charge in [0.2, 0.25) is 5.89 Å². The van der Waals surface area contributed by atoms with E-state index in [4.69, 9.17) is 13.3 Å². The molecule has 0 aliphatic carbocycles. The zero-order valence-electron chi connectivity index (χ0n) is 17.9. The minimum Gasteiger partial charge on any atom is -0.469 e. The summed E-state index contributed by atoms with van der Waals surface area (Å²) >= 11 is 1.50. The first-order chi connectivity index (χ1) is 15.6. The Balaban J connectivity index is 1.41. The standard InChI is InChI=1S/C23H21N5O3S/c1-14-11-19(16(3)30-14)22-26-24-20(31-22)13-32-23-27-25-21(18-9-10-29-15(18)2)28(23)12-17-7-5-4-6-8-17/h4-11H,12-13H2,1-3H3. The second kappa shape index (κ2) is 8.51. The fourth-order valence-electron chi connectivity index (χ4n) is 3.51. The van der Waals surface area contributed by atoms with Crippen LogP contribution >= 0.6 is 11.8 Å². The molecule has 0 saturated heterocycles. The summed E-state index contributed by atoms with van der Waals surface area (Å²) in [6.45, 7) is 6.33. The first kappa shape index (κ1) is 20.3. The quantitative estimate of drug-likeness (QED) is 0.304. The van der Waals surface area contributed by atoms with E-state index >= 15 is 0 Å². The third-order valence-electron chi connectivity index (χ3n) is 5.06. The van der Waals surface area contributed by atoms with Crippen LogP contribution in [-0.2, 0) is 12.3 Å². The SMILES string of the molecule is Cc1cc(-c2nnc(CSc3nnc(-c4ccoc4C)n3Cc3ccccc3)o2)c(C)o1.